The van der Waals surface area contributed by atoms with Crippen molar-refractivity contribution >= 4 is 5.97 Å². The Labute approximate surface area is 102 Å². The molecule has 4 heteroatoms. The van der Waals surface area contributed by atoms with Crippen molar-refractivity contribution in [3.05, 3.63) is 0 Å². The van der Waals surface area contributed by atoms with Crippen LogP contribution in [0.25, 0.3) is 0 Å². The van der Waals surface area contributed by atoms with Gasteiger partial charge in [0.1, 0.15) is 0 Å². The van der Waals surface area contributed by atoms with Crippen LogP contribution in [0.15, 0.2) is 0 Å². The first-order chi connectivity index (χ1) is 8.18. The van der Waals surface area contributed by atoms with Crippen molar-refractivity contribution in [2.75, 3.05) is 26.2 Å². The van der Waals surface area contributed by atoms with Gasteiger partial charge in [-0.3, -0.25) is 9.69 Å². The normalized spacial score (nSPS) is 26.9. The molecule has 0 unspecified atom stereocenters. The van der Waals surface area contributed by atoms with Crippen LogP contribution >= 0.6 is 0 Å². The summed E-state index contributed by atoms with van der Waals surface area (Å²) in [6.45, 7) is 3.98. The number of hydrogen-bond donors (Lipinski definition) is 2. The van der Waals surface area contributed by atoms with E-state index in [1.165, 1.54) is 25.7 Å². The summed E-state index contributed by atoms with van der Waals surface area (Å²) in [6.07, 6.45) is 5.68. The average molecular weight is 238 g/mol. The molecule has 0 radical (unpaired) electrons. The van der Waals surface area contributed by atoms with E-state index >= 15 is 0 Å². The molecule has 3 aliphatic rings. The molecule has 0 aromatic rings. The summed E-state index contributed by atoms with van der Waals surface area (Å²) in [4.78, 5) is 13.6. The fourth-order valence-electron chi connectivity index (χ4n) is 2.84. The lowest BCUT2D eigenvalue weighted by molar-refractivity contribution is -0.142. The number of nitrogens with zero attached hydrogens (tertiary/aromatic N) is 1. The van der Waals surface area contributed by atoms with E-state index in [2.05, 4.69) is 10.2 Å². The minimum atomic E-state index is -0.650. The number of hydrogen-bond acceptors (Lipinski definition) is 3. The topological polar surface area (TPSA) is 52.6 Å². The highest BCUT2D eigenvalue weighted by molar-refractivity contribution is 5.68. The third-order valence-corrected chi connectivity index (χ3v) is 4.41. The van der Waals surface area contributed by atoms with Gasteiger partial charge < -0.3 is 10.4 Å². The molecule has 0 aromatic heterocycles. The monoisotopic (exact) mass is 238 g/mol. The Kier molecular flexibility index (Phi) is 2.87. The van der Waals surface area contributed by atoms with Crippen LogP contribution < -0.4 is 5.32 Å². The van der Waals surface area contributed by atoms with E-state index in [1.54, 1.807) is 0 Å². The first-order valence-electron chi connectivity index (χ1n) is 6.85. The lowest BCUT2D eigenvalue weighted by Gasteiger charge is -2.50. The minimum Gasteiger partial charge on any atom is -0.481 e. The number of carboxylic acid groups (broad SMARTS) is 1. The maximum Gasteiger partial charge on any atom is 0.305 e. The van der Waals surface area contributed by atoms with E-state index in [-0.39, 0.29) is 5.54 Å². The zero-order chi connectivity index (χ0) is 11.9. The van der Waals surface area contributed by atoms with Gasteiger partial charge in [0.2, 0.25) is 0 Å². The molecule has 0 atom stereocenters. The van der Waals surface area contributed by atoms with Crippen LogP contribution in [0.4, 0.5) is 0 Å². The van der Waals surface area contributed by atoms with E-state index in [4.69, 9.17) is 5.11 Å². The fourth-order valence-corrected chi connectivity index (χ4v) is 2.84. The number of carbonyl (C=O) groups is 1. The van der Waals surface area contributed by atoms with E-state index < -0.39 is 5.97 Å². The van der Waals surface area contributed by atoms with Gasteiger partial charge in [-0.15, -0.1) is 0 Å². The molecule has 0 amide bonds. The Balaban J connectivity index is 1.66. The van der Waals surface area contributed by atoms with Crippen LogP contribution in [-0.4, -0.2) is 47.7 Å². The van der Waals surface area contributed by atoms with Crippen LogP contribution in [0, 0.1) is 11.8 Å². The summed E-state index contributed by atoms with van der Waals surface area (Å²) in [5, 5.41) is 12.4. The molecule has 96 valence electrons. The van der Waals surface area contributed by atoms with Gasteiger partial charge in [-0.2, -0.15) is 0 Å². The first-order valence-corrected chi connectivity index (χ1v) is 6.85. The number of carboxylic acids is 1. The van der Waals surface area contributed by atoms with Gasteiger partial charge in [0.15, 0.2) is 0 Å². The van der Waals surface area contributed by atoms with Crippen LogP contribution in [0.2, 0.25) is 0 Å². The summed E-state index contributed by atoms with van der Waals surface area (Å²) >= 11 is 0. The summed E-state index contributed by atoms with van der Waals surface area (Å²) in [7, 11) is 0. The van der Waals surface area contributed by atoms with Crippen LogP contribution in [-0.2, 0) is 4.79 Å². The minimum absolute atomic E-state index is 0.0724. The Morgan fingerprint density at radius 3 is 2.00 bits per heavy atom. The molecule has 1 aliphatic heterocycles. The molecule has 0 spiro atoms. The van der Waals surface area contributed by atoms with E-state index in [0.717, 1.165) is 38.0 Å². The summed E-state index contributed by atoms with van der Waals surface area (Å²) in [5.74, 6) is 1.04. The van der Waals surface area contributed by atoms with Crippen LogP contribution in [0.1, 0.15) is 32.1 Å². The molecular weight excluding hydrogens is 216 g/mol. The van der Waals surface area contributed by atoms with Crippen molar-refractivity contribution in [2.45, 2.75) is 37.6 Å². The van der Waals surface area contributed by atoms with Gasteiger partial charge in [0.05, 0.1) is 12.0 Å². The molecule has 2 saturated carbocycles. The van der Waals surface area contributed by atoms with Crippen molar-refractivity contribution in [2.24, 2.45) is 11.8 Å². The molecule has 17 heavy (non-hydrogen) atoms. The molecule has 1 heterocycles. The average Bonchev–Trinajstić information content (AvgIpc) is 3.03. The molecule has 0 bridgehead atoms. The van der Waals surface area contributed by atoms with Crippen molar-refractivity contribution in [3.63, 3.8) is 0 Å². The van der Waals surface area contributed by atoms with Gasteiger partial charge in [0, 0.05) is 26.2 Å². The van der Waals surface area contributed by atoms with E-state index in [1.807, 2.05) is 0 Å². The first kappa shape index (κ1) is 11.5. The number of aliphatic carboxylic acids is 1. The third-order valence-electron chi connectivity index (χ3n) is 4.41. The van der Waals surface area contributed by atoms with Gasteiger partial charge in [-0.1, -0.05) is 0 Å². The van der Waals surface area contributed by atoms with Gasteiger partial charge in [-0.05, 0) is 37.5 Å². The lowest BCUT2D eigenvalue weighted by Crippen LogP contribution is -2.70. The largest absolute Gasteiger partial charge is 0.481 e. The maximum atomic E-state index is 11.1. The van der Waals surface area contributed by atoms with Crippen molar-refractivity contribution in [1.29, 1.82) is 0 Å². The second kappa shape index (κ2) is 4.25. The highest BCUT2D eigenvalue weighted by atomic mass is 16.4. The zero-order valence-electron chi connectivity index (χ0n) is 10.3. The van der Waals surface area contributed by atoms with Crippen molar-refractivity contribution in [1.82, 2.24) is 10.2 Å². The highest BCUT2D eigenvalue weighted by Crippen LogP contribution is 2.38. The van der Waals surface area contributed by atoms with Crippen LogP contribution in [0.3, 0.4) is 0 Å². The molecule has 0 aromatic carbocycles. The van der Waals surface area contributed by atoms with Crippen molar-refractivity contribution < 1.29 is 9.90 Å². The number of rotatable bonds is 7. The Bertz CT molecular complexity index is 293. The van der Waals surface area contributed by atoms with Gasteiger partial charge >= 0.3 is 5.97 Å². The Morgan fingerprint density at radius 1 is 1.18 bits per heavy atom. The Hall–Kier alpha value is -0.610. The second-order valence-electron chi connectivity index (χ2n) is 6.19. The van der Waals surface area contributed by atoms with Gasteiger partial charge in [-0.25, -0.2) is 0 Å². The highest BCUT2D eigenvalue weighted by Gasteiger charge is 2.47. The predicted molar refractivity (Wildman–Crippen MR) is 64.9 cm³/mol. The molecule has 4 nitrogen and oxygen atoms in total. The Morgan fingerprint density at radius 2 is 1.71 bits per heavy atom. The quantitative estimate of drug-likeness (QED) is 0.692. The molecule has 3 rings (SSSR count). The third kappa shape index (κ3) is 2.63. The van der Waals surface area contributed by atoms with E-state index in [9.17, 15) is 4.79 Å². The smallest absolute Gasteiger partial charge is 0.305 e. The molecule has 1 saturated heterocycles. The van der Waals surface area contributed by atoms with E-state index in [0.29, 0.717) is 6.42 Å². The molecule has 2 N–H and O–H groups in total. The SMILES string of the molecule is O=C(O)CC1(N(CC2CC2)CC2CC2)CNC1. The number of nitrogens with one attached hydrogen (secondary N) is 1. The maximum absolute atomic E-state index is 11.1. The van der Waals surface area contributed by atoms with Crippen molar-refractivity contribution in [3.8, 4) is 0 Å². The molecular formula is C13H22N2O2. The van der Waals surface area contributed by atoms with Crippen LogP contribution in [0.5, 0.6) is 0 Å². The lowest BCUT2D eigenvalue weighted by atomic mass is 9.85. The molecule has 3 fully saturated rings. The summed E-state index contributed by atoms with van der Waals surface area (Å²) in [5.41, 5.74) is -0.0724. The fraction of sp³-hybridized carbons (Fsp3) is 0.923. The summed E-state index contributed by atoms with van der Waals surface area (Å²) in [6, 6.07) is 0. The standard InChI is InChI=1S/C13H22N2O2/c16-12(17)5-13(8-14-9-13)15(6-10-1-2-10)7-11-3-4-11/h10-11,14H,1-9H2,(H,16,17). The second-order valence-corrected chi connectivity index (χ2v) is 6.19. The predicted octanol–water partition coefficient (Wildman–Crippen LogP) is 0.925. The molecule has 2 aliphatic carbocycles. The zero-order valence-corrected chi connectivity index (χ0v) is 10.3. The summed E-state index contributed by atoms with van der Waals surface area (Å²) < 4.78 is 0. The van der Waals surface area contributed by atoms with Gasteiger partial charge in [0.25, 0.3) is 0 Å².